The number of benzene rings is 1. The molecule has 0 fully saturated rings. The zero-order valence-corrected chi connectivity index (χ0v) is 11.6. The molecule has 0 aliphatic carbocycles. The number of hydrogen-bond acceptors (Lipinski definition) is 2. The van der Waals surface area contributed by atoms with Crippen LogP contribution in [0.4, 0.5) is 0 Å². The van der Waals surface area contributed by atoms with Crippen LogP contribution in [0.5, 0.6) is 5.75 Å². The molecular weight excluding hydrogens is 234 g/mol. The van der Waals surface area contributed by atoms with Crippen molar-refractivity contribution < 1.29 is 4.74 Å². The minimum absolute atomic E-state index is 0.378. The number of rotatable bonds is 7. The highest BCUT2D eigenvalue weighted by molar-refractivity contribution is 6.18. The highest BCUT2D eigenvalue weighted by Gasteiger charge is 2.08. The molecule has 1 rings (SSSR count). The van der Waals surface area contributed by atoms with Crippen molar-refractivity contribution >= 4 is 11.6 Å². The number of alkyl halides is 1. The number of methoxy groups -OCH3 is 1. The highest BCUT2D eigenvalue weighted by Crippen LogP contribution is 2.13. The zero-order valence-electron chi connectivity index (χ0n) is 10.9. The van der Waals surface area contributed by atoms with Crippen LogP contribution in [0.1, 0.15) is 25.8 Å². The van der Waals surface area contributed by atoms with Crippen molar-refractivity contribution in [2.24, 2.45) is 5.92 Å². The molecule has 17 heavy (non-hydrogen) atoms. The fourth-order valence-corrected chi connectivity index (χ4v) is 2.05. The minimum atomic E-state index is 0.378. The summed E-state index contributed by atoms with van der Waals surface area (Å²) in [6.07, 6.45) is 1.10. The predicted molar refractivity (Wildman–Crippen MR) is 73.8 cm³/mol. The third-order valence-electron chi connectivity index (χ3n) is 2.67. The summed E-state index contributed by atoms with van der Waals surface area (Å²) >= 11 is 5.95. The van der Waals surface area contributed by atoms with Crippen molar-refractivity contribution in [1.82, 2.24) is 5.32 Å². The Morgan fingerprint density at radius 1 is 1.35 bits per heavy atom. The van der Waals surface area contributed by atoms with Gasteiger partial charge in [-0.15, -0.1) is 11.6 Å². The third kappa shape index (κ3) is 5.42. The first-order valence-electron chi connectivity index (χ1n) is 6.08. The van der Waals surface area contributed by atoms with Gasteiger partial charge < -0.3 is 10.1 Å². The largest absolute Gasteiger partial charge is 0.497 e. The molecular formula is C14H22ClNO. The number of hydrogen-bond donors (Lipinski definition) is 1. The first-order valence-corrected chi connectivity index (χ1v) is 6.61. The van der Waals surface area contributed by atoms with E-state index in [9.17, 15) is 0 Å². The third-order valence-corrected chi connectivity index (χ3v) is 3.04. The smallest absolute Gasteiger partial charge is 0.119 e. The molecule has 1 aromatic rings. The monoisotopic (exact) mass is 255 g/mol. The lowest BCUT2D eigenvalue weighted by Crippen LogP contribution is -2.31. The first-order chi connectivity index (χ1) is 8.15. The lowest BCUT2D eigenvalue weighted by atomic mass is 10.0. The molecule has 0 saturated heterocycles. The van der Waals surface area contributed by atoms with E-state index in [0.717, 1.165) is 18.7 Å². The van der Waals surface area contributed by atoms with Crippen molar-refractivity contribution in [3.63, 3.8) is 0 Å². The molecule has 0 spiro atoms. The summed E-state index contributed by atoms with van der Waals surface area (Å²) in [6.45, 7) is 5.26. The van der Waals surface area contributed by atoms with Crippen LogP contribution in [-0.4, -0.2) is 19.0 Å². The van der Waals surface area contributed by atoms with E-state index in [2.05, 4.69) is 25.2 Å². The van der Waals surface area contributed by atoms with E-state index in [0.29, 0.717) is 17.8 Å². The molecule has 1 unspecified atom stereocenters. The molecule has 0 bridgehead atoms. The molecule has 0 saturated carbocycles. The second-order valence-electron chi connectivity index (χ2n) is 4.71. The lowest BCUT2D eigenvalue weighted by molar-refractivity contribution is 0.413. The molecule has 0 radical (unpaired) electrons. The summed E-state index contributed by atoms with van der Waals surface area (Å²) in [6, 6.07) is 8.48. The summed E-state index contributed by atoms with van der Waals surface area (Å²) in [7, 11) is 1.69. The van der Waals surface area contributed by atoms with Gasteiger partial charge >= 0.3 is 0 Å². The standard InChI is InChI=1S/C14H22ClNO/c1-11(2)7-13(9-15)16-10-12-5-4-6-14(8-12)17-3/h4-6,8,11,13,16H,7,9-10H2,1-3H3. The van der Waals surface area contributed by atoms with Gasteiger partial charge in [0.2, 0.25) is 0 Å². The van der Waals surface area contributed by atoms with Gasteiger partial charge in [-0.3, -0.25) is 0 Å². The van der Waals surface area contributed by atoms with Crippen LogP contribution in [0.2, 0.25) is 0 Å². The van der Waals surface area contributed by atoms with Crippen molar-refractivity contribution in [3.05, 3.63) is 29.8 Å². The Kier molecular flexibility index (Phi) is 6.38. The molecule has 1 atom stereocenters. The van der Waals surface area contributed by atoms with Crippen molar-refractivity contribution in [3.8, 4) is 5.75 Å². The van der Waals surface area contributed by atoms with Gasteiger partial charge in [-0.25, -0.2) is 0 Å². The van der Waals surface area contributed by atoms with E-state index < -0.39 is 0 Å². The maximum atomic E-state index is 5.95. The summed E-state index contributed by atoms with van der Waals surface area (Å²) in [5, 5.41) is 3.48. The van der Waals surface area contributed by atoms with Gasteiger partial charge in [0, 0.05) is 18.5 Å². The van der Waals surface area contributed by atoms with Crippen molar-refractivity contribution in [1.29, 1.82) is 0 Å². The molecule has 0 amide bonds. The second-order valence-corrected chi connectivity index (χ2v) is 5.02. The van der Waals surface area contributed by atoms with Gasteiger partial charge in [0.15, 0.2) is 0 Å². The molecule has 2 nitrogen and oxygen atoms in total. The number of halogens is 1. The van der Waals surface area contributed by atoms with Crippen LogP contribution in [0.25, 0.3) is 0 Å². The summed E-state index contributed by atoms with van der Waals surface area (Å²) in [5.74, 6) is 2.22. The van der Waals surface area contributed by atoms with Crippen LogP contribution >= 0.6 is 11.6 Å². The van der Waals surface area contributed by atoms with E-state index >= 15 is 0 Å². The van der Waals surface area contributed by atoms with Crippen LogP contribution in [0, 0.1) is 5.92 Å². The van der Waals surface area contributed by atoms with Crippen molar-refractivity contribution in [2.75, 3.05) is 13.0 Å². The lowest BCUT2D eigenvalue weighted by Gasteiger charge is -2.18. The molecule has 1 aromatic carbocycles. The molecule has 0 aliphatic heterocycles. The Labute approximate surface area is 109 Å². The fraction of sp³-hybridized carbons (Fsp3) is 0.571. The Morgan fingerprint density at radius 3 is 2.71 bits per heavy atom. The van der Waals surface area contributed by atoms with Crippen molar-refractivity contribution in [2.45, 2.75) is 32.9 Å². The van der Waals surface area contributed by atoms with Gasteiger partial charge in [-0.05, 0) is 30.0 Å². The fourth-order valence-electron chi connectivity index (χ4n) is 1.81. The Morgan fingerprint density at radius 2 is 2.12 bits per heavy atom. The molecule has 3 heteroatoms. The Balaban J connectivity index is 2.47. The topological polar surface area (TPSA) is 21.3 Å². The highest BCUT2D eigenvalue weighted by atomic mass is 35.5. The Hall–Kier alpha value is -0.730. The summed E-state index contributed by atoms with van der Waals surface area (Å²) < 4.78 is 5.20. The average molecular weight is 256 g/mol. The van der Waals surface area contributed by atoms with E-state index in [1.54, 1.807) is 7.11 Å². The summed E-state index contributed by atoms with van der Waals surface area (Å²) in [4.78, 5) is 0. The summed E-state index contributed by atoms with van der Waals surface area (Å²) in [5.41, 5.74) is 1.23. The molecule has 1 N–H and O–H groups in total. The maximum Gasteiger partial charge on any atom is 0.119 e. The quantitative estimate of drug-likeness (QED) is 0.754. The van der Waals surface area contributed by atoms with Crippen LogP contribution in [0.3, 0.4) is 0 Å². The Bertz CT molecular complexity index is 328. The molecule has 0 heterocycles. The second kappa shape index (κ2) is 7.57. The molecule has 0 aromatic heterocycles. The minimum Gasteiger partial charge on any atom is -0.497 e. The van der Waals surface area contributed by atoms with E-state index in [1.165, 1.54) is 5.56 Å². The molecule has 96 valence electrons. The number of nitrogens with one attached hydrogen (secondary N) is 1. The van der Waals surface area contributed by atoms with Crippen LogP contribution in [-0.2, 0) is 6.54 Å². The first kappa shape index (κ1) is 14.3. The van der Waals surface area contributed by atoms with E-state index in [4.69, 9.17) is 16.3 Å². The number of ether oxygens (including phenoxy) is 1. The van der Waals surface area contributed by atoms with Gasteiger partial charge in [0.1, 0.15) is 5.75 Å². The van der Waals surface area contributed by atoms with E-state index in [1.807, 2.05) is 18.2 Å². The van der Waals surface area contributed by atoms with Crippen LogP contribution in [0.15, 0.2) is 24.3 Å². The van der Waals surface area contributed by atoms with Gasteiger partial charge in [-0.1, -0.05) is 26.0 Å². The molecule has 0 aliphatic rings. The van der Waals surface area contributed by atoms with E-state index in [-0.39, 0.29) is 0 Å². The van der Waals surface area contributed by atoms with Crippen LogP contribution < -0.4 is 10.1 Å². The normalized spacial score (nSPS) is 12.8. The van der Waals surface area contributed by atoms with Gasteiger partial charge in [0.05, 0.1) is 7.11 Å². The maximum absolute atomic E-state index is 5.95. The van der Waals surface area contributed by atoms with Gasteiger partial charge in [0.25, 0.3) is 0 Å². The van der Waals surface area contributed by atoms with Gasteiger partial charge in [-0.2, -0.15) is 0 Å². The SMILES string of the molecule is COc1cccc(CNC(CCl)CC(C)C)c1. The predicted octanol–water partition coefficient (Wildman–Crippen LogP) is 3.44. The average Bonchev–Trinajstić information content (AvgIpc) is 2.34. The zero-order chi connectivity index (χ0) is 12.7.